The zero-order valence-corrected chi connectivity index (χ0v) is 9.61. The second-order valence-electron chi connectivity index (χ2n) is 2.98. The van der Waals surface area contributed by atoms with Crippen molar-refractivity contribution in [2.45, 2.75) is 35.3 Å². The maximum Gasteiger partial charge on any atom is 0.428 e. The van der Waals surface area contributed by atoms with E-state index in [2.05, 4.69) is 23.2 Å². The van der Waals surface area contributed by atoms with Crippen LogP contribution < -0.4 is 0 Å². The van der Waals surface area contributed by atoms with Crippen LogP contribution in [0.4, 0.5) is 43.9 Å². The van der Waals surface area contributed by atoms with Gasteiger partial charge in [-0.3, -0.25) is 0 Å². The quantitative estimate of drug-likeness (QED) is 0.505. The number of rotatable bonds is 6. The van der Waals surface area contributed by atoms with Crippen LogP contribution in [-0.4, -0.2) is 35.3 Å². The Morgan fingerprint density at radius 3 is 1.00 bits per heavy atom. The van der Waals surface area contributed by atoms with E-state index in [0.29, 0.717) is 0 Å². The molecule has 0 N–H and O–H groups in total. The van der Waals surface area contributed by atoms with Gasteiger partial charge in [0.25, 0.3) is 0 Å². The van der Waals surface area contributed by atoms with Crippen molar-refractivity contribution in [1.82, 2.24) is 0 Å². The standard InChI is InChI=1S/C6H2Cl2F10O/c7-1(9)3(11,12)5(15,16)19-6(17,18)4(13,14)2(8)10/h1-2H/t1-,2-/m1/s1. The highest BCUT2D eigenvalue weighted by atomic mass is 35.5. The van der Waals surface area contributed by atoms with E-state index in [4.69, 9.17) is 0 Å². The molecule has 116 valence electrons. The smallest absolute Gasteiger partial charge is 0.245 e. The Morgan fingerprint density at radius 2 is 0.842 bits per heavy atom. The minimum absolute atomic E-state index is 1.86. The summed E-state index contributed by atoms with van der Waals surface area (Å²) in [7, 11) is 0. The lowest BCUT2D eigenvalue weighted by Gasteiger charge is -2.32. The Kier molecular flexibility index (Phi) is 5.27. The molecule has 0 spiro atoms. The molecule has 0 saturated heterocycles. The van der Waals surface area contributed by atoms with Crippen molar-refractivity contribution < 1.29 is 48.6 Å². The predicted molar refractivity (Wildman–Crippen MR) is 42.4 cm³/mol. The molecule has 0 amide bonds. The van der Waals surface area contributed by atoms with E-state index in [0.717, 1.165) is 0 Å². The highest BCUT2D eigenvalue weighted by Crippen LogP contribution is 2.49. The zero-order valence-electron chi connectivity index (χ0n) is 8.10. The second kappa shape index (κ2) is 5.32. The summed E-state index contributed by atoms with van der Waals surface area (Å²) in [6.45, 7) is 0. The maximum absolute atomic E-state index is 12.5. The first kappa shape index (κ1) is 18.8. The van der Waals surface area contributed by atoms with E-state index in [-0.39, 0.29) is 0 Å². The van der Waals surface area contributed by atoms with Gasteiger partial charge in [-0.25, -0.2) is 13.5 Å². The van der Waals surface area contributed by atoms with Gasteiger partial charge in [0.1, 0.15) is 0 Å². The number of ether oxygens (including phenoxy) is 1. The molecular formula is C6H2Cl2F10O. The number of hydrogen-bond acceptors (Lipinski definition) is 1. The highest BCUT2D eigenvalue weighted by molar-refractivity contribution is 6.20. The van der Waals surface area contributed by atoms with Crippen LogP contribution in [0.3, 0.4) is 0 Å². The molecule has 0 aliphatic carbocycles. The molecule has 0 saturated carbocycles. The maximum atomic E-state index is 12.5. The molecule has 0 bridgehead atoms. The largest absolute Gasteiger partial charge is 0.428 e. The van der Waals surface area contributed by atoms with E-state index in [1.165, 1.54) is 0 Å². The van der Waals surface area contributed by atoms with Crippen LogP contribution in [0.2, 0.25) is 0 Å². The van der Waals surface area contributed by atoms with Gasteiger partial charge >= 0.3 is 24.1 Å². The molecule has 19 heavy (non-hydrogen) atoms. The molecule has 1 nitrogen and oxygen atoms in total. The van der Waals surface area contributed by atoms with Crippen LogP contribution >= 0.6 is 23.2 Å². The molecule has 0 aliphatic heterocycles. The third-order valence-electron chi connectivity index (χ3n) is 1.58. The first-order valence-corrected chi connectivity index (χ1v) is 4.74. The van der Waals surface area contributed by atoms with Gasteiger partial charge < -0.3 is 0 Å². The summed E-state index contributed by atoms with van der Waals surface area (Å²) in [5.41, 5.74) is -8.46. The van der Waals surface area contributed by atoms with Crippen LogP contribution in [0.25, 0.3) is 0 Å². The van der Waals surface area contributed by atoms with E-state index in [1.54, 1.807) is 0 Å². The van der Waals surface area contributed by atoms with Crippen LogP contribution in [0.5, 0.6) is 0 Å². The molecule has 2 atom stereocenters. The third-order valence-corrected chi connectivity index (χ3v) is 2.13. The number of hydrogen-bond donors (Lipinski definition) is 0. The van der Waals surface area contributed by atoms with E-state index in [1.807, 2.05) is 4.74 Å². The molecule has 0 aliphatic rings. The van der Waals surface area contributed by atoms with E-state index in [9.17, 15) is 43.9 Å². The predicted octanol–water partition coefficient (Wildman–Crippen LogP) is 4.53. The Balaban J connectivity index is 5.34. The van der Waals surface area contributed by atoms with E-state index >= 15 is 0 Å². The molecule has 0 aromatic carbocycles. The van der Waals surface area contributed by atoms with Gasteiger partial charge in [0.2, 0.25) is 11.3 Å². The number of alkyl halides is 12. The molecule has 0 aromatic heterocycles. The van der Waals surface area contributed by atoms with Crippen molar-refractivity contribution in [3.05, 3.63) is 0 Å². The van der Waals surface area contributed by atoms with Crippen molar-refractivity contribution in [3.8, 4) is 0 Å². The van der Waals surface area contributed by atoms with Gasteiger partial charge in [-0.2, -0.15) is 35.1 Å². The summed E-state index contributed by atoms with van der Waals surface area (Å²) in [6, 6.07) is 0. The summed E-state index contributed by atoms with van der Waals surface area (Å²) in [4.78, 5) is 0. The van der Waals surface area contributed by atoms with Gasteiger partial charge in [-0.1, -0.05) is 23.2 Å². The minimum atomic E-state index is -6.45. The molecule has 0 rings (SSSR count). The Morgan fingerprint density at radius 1 is 0.632 bits per heavy atom. The number of halogens is 12. The molecular weight excluding hydrogens is 349 g/mol. The molecule has 13 heteroatoms. The monoisotopic (exact) mass is 350 g/mol. The van der Waals surface area contributed by atoms with Crippen molar-refractivity contribution in [2.24, 2.45) is 0 Å². The fraction of sp³-hybridized carbons (Fsp3) is 1.00. The van der Waals surface area contributed by atoms with Gasteiger partial charge in [0, 0.05) is 0 Å². The van der Waals surface area contributed by atoms with Crippen molar-refractivity contribution >= 4 is 23.2 Å². The second-order valence-corrected chi connectivity index (χ2v) is 3.75. The van der Waals surface area contributed by atoms with Gasteiger partial charge in [0.15, 0.2) is 0 Å². The first-order chi connectivity index (χ1) is 8.09. The molecule has 0 aromatic rings. The minimum Gasteiger partial charge on any atom is -0.245 e. The van der Waals surface area contributed by atoms with Gasteiger partial charge in [-0.15, -0.1) is 0 Å². The van der Waals surface area contributed by atoms with Crippen LogP contribution in [0.1, 0.15) is 0 Å². The zero-order chi connectivity index (χ0) is 15.9. The van der Waals surface area contributed by atoms with Crippen molar-refractivity contribution in [2.75, 3.05) is 0 Å². The van der Waals surface area contributed by atoms with Gasteiger partial charge in [-0.05, 0) is 0 Å². The Hall–Kier alpha value is -0.160. The normalized spacial score (nSPS) is 18.3. The van der Waals surface area contributed by atoms with Crippen LogP contribution in [0, 0.1) is 0 Å². The SMILES string of the molecule is F[C@@H](Cl)C(F)(F)C(F)(F)OC(F)(F)C(F)(F)[C@@H](F)Cl. The first-order valence-electron chi connectivity index (χ1n) is 3.87. The molecule has 0 heterocycles. The lowest BCUT2D eigenvalue weighted by Crippen LogP contribution is -2.57. The Labute approximate surface area is 108 Å². The molecule has 0 unspecified atom stereocenters. The van der Waals surface area contributed by atoms with Crippen molar-refractivity contribution in [1.29, 1.82) is 0 Å². The molecule has 0 fully saturated rings. The van der Waals surface area contributed by atoms with Gasteiger partial charge in [0.05, 0.1) is 0 Å². The van der Waals surface area contributed by atoms with Crippen LogP contribution in [-0.2, 0) is 4.74 Å². The summed E-state index contributed by atoms with van der Waals surface area (Å²) >= 11 is 7.90. The fourth-order valence-corrected chi connectivity index (χ4v) is 0.805. The average Bonchev–Trinajstić information content (AvgIpc) is 2.14. The fourth-order valence-electron chi connectivity index (χ4n) is 0.551. The lowest BCUT2D eigenvalue weighted by molar-refractivity contribution is -0.472. The average molecular weight is 351 g/mol. The van der Waals surface area contributed by atoms with Crippen LogP contribution in [0.15, 0.2) is 0 Å². The summed E-state index contributed by atoms with van der Waals surface area (Å²) in [5, 5.41) is 0. The topological polar surface area (TPSA) is 9.23 Å². The lowest BCUT2D eigenvalue weighted by atomic mass is 10.3. The molecule has 0 radical (unpaired) electrons. The summed E-state index contributed by atoms with van der Waals surface area (Å²) in [6.07, 6.45) is -12.9. The summed E-state index contributed by atoms with van der Waals surface area (Å²) < 4.78 is 125. The van der Waals surface area contributed by atoms with Crippen molar-refractivity contribution in [3.63, 3.8) is 0 Å². The third kappa shape index (κ3) is 3.48. The Bertz CT molecular complexity index is 287. The highest BCUT2D eigenvalue weighted by Gasteiger charge is 2.73. The van der Waals surface area contributed by atoms with E-state index < -0.39 is 35.3 Å². The summed E-state index contributed by atoms with van der Waals surface area (Å²) in [5.74, 6) is -12.2.